The molecule has 2 aromatic heterocycles. The summed E-state index contributed by atoms with van der Waals surface area (Å²) in [7, 11) is 0. The van der Waals surface area contributed by atoms with Crippen LogP contribution in [0.1, 0.15) is 30.1 Å². The molecule has 2 aromatic rings. The maximum Gasteiger partial charge on any atom is 0.257 e. The molecule has 1 aliphatic rings. The molecule has 0 N–H and O–H groups in total. The van der Waals surface area contributed by atoms with E-state index in [0.717, 1.165) is 37.5 Å². The fourth-order valence-corrected chi connectivity index (χ4v) is 2.46. The van der Waals surface area contributed by atoms with Crippen molar-refractivity contribution in [1.82, 2.24) is 19.7 Å². The van der Waals surface area contributed by atoms with Gasteiger partial charge in [-0.3, -0.25) is 9.78 Å². The van der Waals surface area contributed by atoms with Crippen molar-refractivity contribution in [2.45, 2.75) is 19.8 Å². The smallest absolute Gasteiger partial charge is 0.257 e. The number of rotatable bonds is 2. The normalized spacial score (nSPS) is 16.4. The van der Waals surface area contributed by atoms with Crippen molar-refractivity contribution in [1.29, 1.82) is 0 Å². The van der Waals surface area contributed by atoms with E-state index in [1.165, 1.54) is 0 Å². The van der Waals surface area contributed by atoms with Gasteiger partial charge in [0.15, 0.2) is 0 Å². The number of carbonyl (C=O) groups is 1. The minimum Gasteiger partial charge on any atom is -0.339 e. The zero-order chi connectivity index (χ0) is 13.9. The SMILES string of the molecule is CC1CCN(C(=O)c2cnn(-c3cccnc3)c2)CC1. The molecule has 3 rings (SSSR count). The minimum atomic E-state index is 0.0760. The summed E-state index contributed by atoms with van der Waals surface area (Å²) in [5.74, 6) is 0.796. The van der Waals surface area contributed by atoms with Gasteiger partial charge < -0.3 is 4.90 Å². The highest BCUT2D eigenvalue weighted by Crippen LogP contribution is 2.18. The second kappa shape index (κ2) is 5.45. The molecule has 1 fully saturated rings. The van der Waals surface area contributed by atoms with E-state index in [2.05, 4.69) is 17.0 Å². The predicted molar refractivity (Wildman–Crippen MR) is 75.7 cm³/mol. The van der Waals surface area contributed by atoms with Crippen molar-refractivity contribution in [3.63, 3.8) is 0 Å². The number of aromatic nitrogens is 3. The highest BCUT2D eigenvalue weighted by Gasteiger charge is 2.22. The maximum atomic E-state index is 12.4. The quantitative estimate of drug-likeness (QED) is 0.840. The van der Waals surface area contributed by atoms with E-state index in [1.54, 1.807) is 29.5 Å². The molecule has 3 heterocycles. The number of pyridine rings is 1. The monoisotopic (exact) mass is 270 g/mol. The third-order valence-corrected chi connectivity index (χ3v) is 3.81. The fourth-order valence-electron chi connectivity index (χ4n) is 2.46. The van der Waals surface area contributed by atoms with Crippen LogP contribution in [0.25, 0.3) is 5.69 Å². The summed E-state index contributed by atoms with van der Waals surface area (Å²) in [5, 5.41) is 4.25. The van der Waals surface area contributed by atoms with Crippen LogP contribution in [-0.2, 0) is 0 Å². The zero-order valence-electron chi connectivity index (χ0n) is 11.6. The van der Waals surface area contributed by atoms with Crippen LogP contribution in [0.2, 0.25) is 0 Å². The Hall–Kier alpha value is -2.17. The Bertz CT molecular complexity index is 585. The molecule has 0 unspecified atom stereocenters. The first kappa shape index (κ1) is 12.8. The van der Waals surface area contributed by atoms with Crippen molar-refractivity contribution in [2.75, 3.05) is 13.1 Å². The van der Waals surface area contributed by atoms with Gasteiger partial charge in [0, 0.05) is 25.5 Å². The van der Waals surface area contributed by atoms with Gasteiger partial charge in [-0.15, -0.1) is 0 Å². The number of piperidine rings is 1. The summed E-state index contributed by atoms with van der Waals surface area (Å²) < 4.78 is 1.69. The molecule has 0 radical (unpaired) electrons. The van der Waals surface area contributed by atoms with E-state index in [9.17, 15) is 4.79 Å². The third kappa shape index (κ3) is 2.57. The summed E-state index contributed by atoms with van der Waals surface area (Å²) in [6, 6.07) is 3.77. The van der Waals surface area contributed by atoms with Crippen molar-refractivity contribution in [2.24, 2.45) is 5.92 Å². The Kier molecular flexibility index (Phi) is 3.50. The summed E-state index contributed by atoms with van der Waals surface area (Å²) in [6.45, 7) is 3.93. The topological polar surface area (TPSA) is 51.0 Å². The van der Waals surface area contributed by atoms with E-state index < -0.39 is 0 Å². The number of amides is 1. The van der Waals surface area contributed by atoms with Crippen molar-refractivity contribution in [3.05, 3.63) is 42.5 Å². The van der Waals surface area contributed by atoms with Crippen LogP contribution in [0.15, 0.2) is 36.9 Å². The molecule has 20 heavy (non-hydrogen) atoms. The number of carbonyl (C=O) groups excluding carboxylic acids is 1. The molecule has 5 nitrogen and oxygen atoms in total. The predicted octanol–water partition coefficient (Wildman–Crippen LogP) is 2.14. The molecule has 1 aliphatic heterocycles. The number of nitrogens with zero attached hydrogens (tertiary/aromatic N) is 4. The molecule has 0 aromatic carbocycles. The highest BCUT2D eigenvalue weighted by molar-refractivity contribution is 5.93. The first-order valence-corrected chi connectivity index (χ1v) is 6.98. The lowest BCUT2D eigenvalue weighted by Gasteiger charge is -2.29. The number of hydrogen-bond donors (Lipinski definition) is 0. The van der Waals surface area contributed by atoms with Gasteiger partial charge in [-0.1, -0.05) is 6.92 Å². The van der Waals surface area contributed by atoms with Gasteiger partial charge in [-0.25, -0.2) is 4.68 Å². The second-order valence-corrected chi connectivity index (χ2v) is 5.36. The van der Waals surface area contributed by atoms with E-state index in [-0.39, 0.29) is 5.91 Å². The largest absolute Gasteiger partial charge is 0.339 e. The molecule has 0 aliphatic carbocycles. The van der Waals surface area contributed by atoms with Gasteiger partial charge in [0.05, 0.1) is 23.6 Å². The van der Waals surface area contributed by atoms with Crippen molar-refractivity contribution in [3.8, 4) is 5.69 Å². The molecular weight excluding hydrogens is 252 g/mol. The number of hydrogen-bond acceptors (Lipinski definition) is 3. The van der Waals surface area contributed by atoms with Crippen molar-refractivity contribution < 1.29 is 4.79 Å². The Morgan fingerprint density at radius 2 is 2.10 bits per heavy atom. The Morgan fingerprint density at radius 1 is 1.30 bits per heavy atom. The minimum absolute atomic E-state index is 0.0760. The van der Waals surface area contributed by atoms with Gasteiger partial charge in [-0.05, 0) is 30.9 Å². The van der Waals surface area contributed by atoms with Crippen LogP contribution in [0.4, 0.5) is 0 Å². The summed E-state index contributed by atoms with van der Waals surface area (Å²) >= 11 is 0. The summed E-state index contributed by atoms with van der Waals surface area (Å²) in [4.78, 5) is 18.4. The third-order valence-electron chi connectivity index (χ3n) is 3.81. The van der Waals surface area contributed by atoms with Gasteiger partial charge >= 0.3 is 0 Å². The van der Waals surface area contributed by atoms with E-state index in [4.69, 9.17) is 0 Å². The Balaban J connectivity index is 1.75. The Labute approximate surface area is 118 Å². The lowest BCUT2D eigenvalue weighted by molar-refractivity contribution is 0.0697. The van der Waals surface area contributed by atoms with Crippen LogP contribution in [0.5, 0.6) is 0 Å². The van der Waals surface area contributed by atoms with Crippen molar-refractivity contribution >= 4 is 5.91 Å². The summed E-state index contributed by atoms with van der Waals surface area (Å²) in [6.07, 6.45) is 9.02. The first-order valence-electron chi connectivity index (χ1n) is 6.98. The fraction of sp³-hybridized carbons (Fsp3) is 0.400. The molecule has 0 bridgehead atoms. The average molecular weight is 270 g/mol. The molecule has 1 amide bonds. The van der Waals surface area contributed by atoms with Gasteiger partial charge in [0.25, 0.3) is 5.91 Å². The lowest BCUT2D eigenvalue weighted by atomic mass is 9.99. The van der Waals surface area contributed by atoms with Crippen LogP contribution in [0, 0.1) is 5.92 Å². The molecule has 1 saturated heterocycles. The number of likely N-dealkylation sites (tertiary alicyclic amines) is 1. The van der Waals surface area contributed by atoms with Crippen LogP contribution in [0.3, 0.4) is 0 Å². The summed E-state index contributed by atoms with van der Waals surface area (Å²) in [5.41, 5.74) is 1.50. The van der Waals surface area contributed by atoms with Gasteiger partial charge in [-0.2, -0.15) is 5.10 Å². The molecule has 0 atom stereocenters. The molecular formula is C15H18N4O. The van der Waals surface area contributed by atoms with Crippen LogP contribution in [-0.4, -0.2) is 38.7 Å². The highest BCUT2D eigenvalue weighted by atomic mass is 16.2. The lowest BCUT2D eigenvalue weighted by Crippen LogP contribution is -2.37. The molecule has 104 valence electrons. The van der Waals surface area contributed by atoms with E-state index >= 15 is 0 Å². The van der Waals surface area contributed by atoms with E-state index in [1.807, 2.05) is 17.0 Å². The Morgan fingerprint density at radius 3 is 2.80 bits per heavy atom. The second-order valence-electron chi connectivity index (χ2n) is 5.36. The first-order chi connectivity index (χ1) is 9.74. The maximum absolute atomic E-state index is 12.4. The van der Waals surface area contributed by atoms with Crippen LogP contribution < -0.4 is 0 Å². The van der Waals surface area contributed by atoms with Gasteiger partial charge in [0.1, 0.15) is 0 Å². The molecule has 0 saturated carbocycles. The zero-order valence-corrected chi connectivity index (χ0v) is 11.6. The van der Waals surface area contributed by atoms with Gasteiger partial charge in [0.2, 0.25) is 0 Å². The van der Waals surface area contributed by atoms with E-state index in [0.29, 0.717) is 5.56 Å². The van der Waals surface area contributed by atoms with Crippen LogP contribution >= 0.6 is 0 Å². The molecule has 0 spiro atoms. The molecule has 5 heteroatoms. The average Bonchev–Trinajstić information content (AvgIpc) is 2.98. The standard InChI is InChI=1S/C15H18N4O/c1-12-4-7-18(8-5-12)15(20)13-9-17-19(11-13)14-3-2-6-16-10-14/h2-3,6,9-12H,4-5,7-8H2,1H3.